The lowest BCUT2D eigenvalue weighted by Gasteiger charge is -2.35. The van der Waals surface area contributed by atoms with Crippen molar-refractivity contribution in [2.24, 2.45) is 0 Å². The van der Waals surface area contributed by atoms with Crippen LogP contribution in [0.4, 0.5) is 5.82 Å². The summed E-state index contributed by atoms with van der Waals surface area (Å²) in [4.78, 5) is 13.7. The molecule has 1 aromatic heterocycles. The molecule has 2 aliphatic heterocycles. The van der Waals surface area contributed by atoms with Gasteiger partial charge in [0.25, 0.3) is 5.88 Å². The molecule has 0 radical (unpaired) electrons. The average Bonchev–Trinajstić information content (AvgIpc) is 2.95. The van der Waals surface area contributed by atoms with Crippen molar-refractivity contribution in [1.29, 1.82) is 0 Å². The van der Waals surface area contributed by atoms with E-state index < -0.39 is 0 Å². The van der Waals surface area contributed by atoms with Crippen molar-refractivity contribution in [2.75, 3.05) is 65.1 Å². The monoisotopic (exact) mass is 492 g/mol. The second kappa shape index (κ2) is 11.3. The number of fused-ring (bicyclic) bond motifs is 1. The first-order chi connectivity index (χ1) is 17.7. The molecule has 9 heteroatoms. The molecule has 0 spiro atoms. The Morgan fingerprint density at radius 3 is 2.50 bits per heavy atom. The normalized spacial score (nSPS) is 17.5. The number of benzene rings is 2. The molecule has 1 fully saturated rings. The summed E-state index contributed by atoms with van der Waals surface area (Å²) < 4.78 is 28.6. The van der Waals surface area contributed by atoms with Crippen molar-refractivity contribution < 1.29 is 23.7 Å². The van der Waals surface area contributed by atoms with E-state index in [-0.39, 0.29) is 6.10 Å². The van der Waals surface area contributed by atoms with Crippen LogP contribution in [-0.4, -0.2) is 81.1 Å². The van der Waals surface area contributed by atoms with Gasteiger partial charge in [-0.3, -0.25) is 4.90 Å². The molecule has 2 aliphatic rings. The van der Waals surface area contributed by atoms with Crippen molar-refractivity contribution in [3.63, 3.8) is 0 Å². The van der Waals surface area contributed by atoms with Gasteiger partial charge in [0.15, 0.2) is 34.9 Å². The second-order valence-electron chi connectivity index (χ2n) is 8.76. The van der Waals surface area contributed by atoms with E-state index in [1.807, 2.05) is 30.3 Å². The minimum absolute atomic E-state index is 0.205. The van der Waals surface area contributed by atoms with Crippen molar-refractivity contribution in [2.45, 2.75) is 12.5 Å². The third-order valence-electron chi connectivity index (χ3n) is 6.46. The number of nitrogens with zero attached hydrogens (tertiary/aromatic N) is 4. The molecule has 5 rings (SSSR count). The Bertz CT molecular complexity index is 1150. The fourth-order valence-corrected chi connectivity index (χ4v) is 4.46. The van der Waals surface area contributed by atoms with Crippen LogP contribution in [0.5, 0.6) is 28.9 Å². The first kappa shape index (κ1) is 24.0. The molecule has 0 N–H and O–H groups in total. The molecule has 1 unspecified atom stereocenters. The van der Waals surface area contributed by atoms with Crippen LogP contribution in [-0.2, 0) is 6.42 Å². The zero-order valence-electron chi connectivity index (χ0n) is 20.8. The summed E-state index contributed by atoms with van der Waals surface area (Å²) in [6.07, 6.45) is 4.11. The number of anilines is 1. The lowest BCUT2D eigenvalue weighted by molar-refractivity contribution is 0.0521. The van der Waals surface area contributed by atoms with Gasteiger partial charge in [-0.2, -0.15) is 0 Å². The fourth-order valence-electron chi connectivity index (χ4n) is 4.46. The van der Waals surface area contributed by atoms with Crippen LogP contribution < -0.4 is 28.6 Å². The Morgan fingerprint density at radius 2 is 1.69 bits per heavy atom. The topological polar surface area (TPSA) is 78.4 Å². The van der Waals surface area contributed by atoms with E-state index in [9.17, 15) is 0 Å². The van der Waals surface area contributed by atoms with Gasteiger partial charge in [0, 0.05) is 45.1 Å². The van der Waals surface area contributed by atoms with E-state index in [1.165, 1.54) is 5.56 Å². The third kappa shape index (κ3) is 5.57. The highest BCUT2D eigenvalue weighted by Gasteiger charge is 2.25. The van der Waals surface area contributed by atoms with Crippen LogP contribution in [0.25, 0.3) is 0 Å². The Morgan fingerprint density at radius 1 is 0.917 bits per heavy atom. The maximum Gasteiger partial charge on any atom is 0.257 e. The molecule has 1 saturated heterocycles. The zero-order chi connectivity index (χ0) is 24.7. The van der Waals surface area contributed by atoms with Gasteiger partial charge in [-0.15, -0.1) is 0 Å². The van der Waals surface area contributed by atoms with Crippen molar-refractivity contribution in [1.82, 2.24) is 14.9 Å². The quantitative estimate of drug-likeness (QED) is 0.448. The molecule has 3 heterocycles. The second-order valence-corrected chi connectivity index (χ2v) is 8.76. The molecule has 2 aromatic carbocycles. The van der Waals surface area contributed by atoms with E-state index in [4.69, 9.17) is 23.7 Å². The predicted octanol–water partition coefficient (Wildman–Crippen LogP) is 3.08. The van der Waals surface area contributed by atoms with Gasteiger partial charge in [0.1, 0.15) is 13.2 Å². The summed E-state index contributed by atoms with van der Waals surface area (Å²) in [5.41, 5.74) is 1.23. The average molecular weight is 493 g/mol. The lowest BCUT2D eigenvalue weighted by atomic mass is 10.1. The first-order valence-corrected chi connectivity index (χ1v) is 12.2. The summed E-state index contributed by atoms with van der Waals surface area (Å²) in [7, 11) is 3.32. The largest absolute Gasteiger partial charge is 0.493 e. The summed E-state index contributed by atoms with van der Waals surface area (Å²) in [5, 5.41) is 0. The molecule has 9 nitrogen and oxygen atoms in total. The Balaban J connectivity index is 1.12. The minimum atomic E-state index is -0.205. The first-order valence-electron chi connectivity index (χ1n) is 12.2. The van der Waals surface area contributed by atoms with E-state index in [2.05, 4.69) is 31.9 Å². The summed E-state index contributed by atoms with van der Waals surface area (Å²) in [6, 6.07) is 13.8. The van der Waals surface area contributed by atoms with Crippen LogP contribution in [0.1, 0.15) is 5.56 Å². The number of hydrogen-bond acceptors (Lipinski definition) is 9. The van der Waals surface area contributed by atoms with Crippen LogP contribution in [0, 0.1) is 0 Å². The highest BCUT2D eigenvalue weighted by atomic mass is 16.6. The van der Waals surface area contributed by atoms with Crippen molar-refractivity contribution in [3.05, 3.63) is 60.4 Å². The molecule has 3 aromatic rings. The van der Waals surface area contributed by atoms with Gasteiger partial charge in [-0.05, 0) is 36.2 Å². The Labute approximate surface area is 211 Å². The number of ether oxygens (including phenoxy) is 5. The van der Waals surface area contributed by atoms with Gasteiger partial charge >= 0.3 is 0 Å². The predicted molar refractivity (Wildman–Crippen MR) is 136 cm³/mol. The maximum absolute atomic E-state index is 6.06. The number of aromatic nitrogens is 2. The molecule has 0 amide bonds. The smallest absolute Gasteiger partial charge is 0.257 e. The van der Waals surface area contributed by atoms with E-state index in [1.54, 1.807) is 26.6 Å². The lowest BCUT2D eigenvalue weighted by Crippen LogP contribution is -2.47. The van der Waals surface area contributed by atoms with Crippen LogP contribution >= 0.6 is 0 Å². The third-order valence-corrected chi connectivity index (χ3v) is 6.46. The molecule has 0 aliphatic carbocycles. The van der Waals surface area contributed by atoms with Crippen LogP contribution in [0.2, 0.25) is 0 Å². The summed E-state index contributed by atoms with van der Waals surface area (Å²) in [5.74, 6) is 4.32. The summed E-state index contributed by atoms with van der Waals surface area (Å²) >= 11 is 0. The minimum Gasteiger partial charge on any atom is -0.493 e. The number of methoxy groups -OCH3 is 2. The van der Waals surface area contributed by atoms with Crippen LogP contribution in [0.15, 0.2) is 54.9 Å². The highest BCUT2D eigenvalue weighted by molar-refractivity contribution is 5.48. The molecule has 0 saturated carbocycles. The van der Waals surface area contributed by atoms with Crippen molar-refractivity contribution in [3.8, 4) is 28.9 Å². The summed E-state index contributed by atoms with van der Waals surface area (Å²) in [6.45, 7) is 5.36. The van der Waals surface area contributed by atoms with E-state index in [0.29, 0.717) is 19.1 Å². The standard InChI is InChI=1S/C27H32N4O5/c1-32-22-8-7-20(17-25(22)33-2)9-12-30-13-15-31(16-14-30)26-27(29-11-10-28-26)35-19-21-18-34-23-5-3-4-6-24(23)36-21/h3-8,10-11,17,21H,9,12-16,18-19H2,1-2H3. The number of rotatable bonds is 9. The molecule has 1 atom stereocenters. The Kier molecular flexibility index (Phi) is 7.56. The van der Waals surface area contributed by atoms with Gasteiger partial charge in [0.2, 0.25) is 0 Å². The molecule has 190 valence electrons. The molecule has 0 bridgehead atoms. The molecule has 36 heavy (non-hydrogen) atoms. The SMILES string of the molecule is COc1ccc(CCN2CCN(c3nccnc3OCC3COc4ccccc4O3)CC2)cc1OC. The highest BCUT2D eigenvalue weighted by Crippen LogP contribution is 2.32. The van der Waals surface area contributed by atoms with Gasteiger partial charge in [-0.25, -0.2) is 9.97 Å². The van der Waals surface area contributed by atoms with E-state index >= 15 is 0 Å². The maximum atomic E-state index is 6.06. The van der Waals surface area contributed by atoms with Crippen LogP contribution in [0.3, 0.4) is 0 Å². The molecular weight excluding hydrogens is 460 g/mol. The molecular formula is C27H32N4O5. The number of piperazine rings is 1. The number of hydrogen-bond donors (Lipinski definition) is 0. The van der Waals surface area contributed by atoms with E-state index in [0.717, 1.165) is 68.0 Å². The number of para-hydroxylation sites is 2. The van der Waals surface area contributed by atoms with Gasteiger partial charge in [0.05, 0.1) is 14.2 Å². The van der Waals surface area contributed by atoms with Gasteiger partial charge in [-0.1, -0.05) is 18.2 Å². The Hall–Kier alpha value is -3.72. The van der Waals surface area contributed by atoms with Gasteiger partial charge < -0.3 is 28.6 Å². The fraction of sp³-hybridized carbons (Fsp3) is 0.407. The van der Waals surface area contributed by atoms with Crippen molar-refractivity contribution >= 4 is 5.82 Å². The zero-order valence-corrected chi connectivity index (χ0v) is 20.8.